The average molecular weight is 1150 g/mol. The van der Waals surface area contributed by atoms with E-state index in [1.54, 1.807) is 64.8 Å². The third-order valence-electron chi connectivity index (χ3n) is 16.1. The number of piperazine rings is 1. The molecule has 1 aliphatic carbocycles. The maximum atomic E-state index is 14.9. The van der Waals surface area contributed by atoms with Gasteiger partial charge >= 0.3 is 6.09 Å². The number of carbonyl (C=O) groups is 5. The van der Waals surface area contributed by atoms with Crippen LogP contribution in [0.2, 0.25) is 0 Å². The van der Waals surface area contributed by atoms with E-state index in [9.17, 15) is 32.4 Å². The number of hydrogen-bond acceptors (Lipinski definition) is 17. The van der Waals surface area contributed by atoms with Crippen molar-refractivity contribution in [1.82, 2.24) is 60.4 Å². The van der Waals surface area contributed by atoms with Gasteiger partial charge in [-0.25, -0.2) is 33.1 Å². The third kappa shape index (κ3) is 12.9. The standard InChI is InChI=1S/C58H78N14O9S/c1-35-36(2)66-67-50(35)65-51-41-29-48(82(78,79)58(7,8)9)47(30-43(41)61-34-62-51)80-28-14-22-69-24-26-70(27-25-69)49-32-59-44(31-60-49)54(75)71-23-21-39-19-20-46(53(74)63-42-18-13-16-38-15-11-12-17-40(38)42)72(39)55(76)45(33-71)64-52(73)37(3)68(10)56(77)81-57(4,5)6/h11-12,15,17,29-32,34,37,39,42,45-46H,13-14,16,18-28,33H2,1-10H3,(H,63,74)(H,64,73)(H2,61,62,65,66,67)/t37-,39+,42+,45-,46-/m0/s1. The SMILES string of the molecule is Cc1[nH]nc(Nc2ncnc3cc(OCCCN4CCN(c5cnc(C(=O)N6CC[C@H]7CC[C@@H](C(=O)N[C@@H]8CCCc9ccccc98)N7C(=O)[C@@H](NC(=O)[C@H](C)N(C)C(=O)OC(C)(C)C)C6)cn5)CC4)c(S(=O)(=O)C(C)(C)C)cc23)c1C. The number of ether oxygens (including phenoxy) is 2. The summed E-state index contributed by atoms with van der Waals surface area (Å²) < 4.78 is 38.7. The summed E-state index contributed by atoms with van der Waals surface area (Å²) in [4.78, 5) is 97.5. The number of sulfone groups is 1. The largest absolute Gasteiger partial charge is 0.492 e. The van der Waals surface area contributed by atoms with Crippen molar-refractivity contribution in [3.05, 3.63) is 83.2 Å². The minimum Gasteiger partial charge on any atom is -0.492 e. The van der Waals surface area contributed by atoms with Crippen LogP contribution in [0.15, 0.2) is 60.0 Å². The Hall–Kier alpha value is -7.47. The van der Waals surface area contributed by atoms with Gasteiger partial charge in [0.15, 0.2) is 15.7 Å². The molecule has 3 saturated heterocycles. The zero-order valence-electron chi connectivity index (χ0n) is 48.7. The van der Waals surface area contributed by atoms with E-state index < -0.39 is 62.1 Å². The van der Waals surface area contributed by atoms with Crippen LogP contribution < -0.4 is 25.6 Å². The summed E-state index contributed by atoms with van der Waals surface area (Å²) in [6, 6.07) is 7.66. The van der Waals surface area contributed by atoms with Gasteiger partial charge in [0.05, 0.1) is 41.9 Å². The Labute approximate surface area is 479 Å². The number of hydrogen-bond donors (Lipinski definition) is 4. The highest BCUT2D eigenvalue weighted by Crippen LogP contribution is 2.38. The quantitative estimate of drug-likeness (QED) is 0.0901. The lowest BCUT2D eigenvalue weighted by atomic mass is 9.87. The lowest BCUT2D eigenvalue weighted by Crippen LogP contribution is -2.62. The number of fused-ring (bicyclic) bond motifs is 3. The molecule has 0 bridgehead atoms. The molecule has 5 atom stereocenters. The fourth-order valence-electron chi connectivity index (χ4n) is 11.0. The van der Waals surface area contributed by atoms with E-state index in [4.69, 9.17) is 9.47 Å². The van der Waals surface area contributed by atoms with Gasteiger partial charge in [0.25, 0.3) is 5.91 Å². The number of anilines is 3. The number of carbonyl (C=O) groups excluding carboxylic acids is 5. The number of benzene rings is 2. The first-order valence-electron chi connectivity index (χ1n) is 28.4. The van der Waals surface area contributed by atoms with Crippen molar-refractivity contribution >= 4 is 67.9 Å². The van der Waals surface area contributed by atoms with Gasteiger partial charge in [0.2, 0.25) is 17.7 Å². The summed E-state index contributed by atoms with van der Waals surface area (Å²) in [6.45, 7) is 19.2. The van der Waals surface area contributed by atoms with Crippen LogP contribution in [0.1, 0.15) is 126 Å². The topological polar surface area (TPSA) is 270 Å². The van der Waals surface area contributed by atoms with Crippen molar-refractivity contribution in [2.24, 2.45) is 0 Å². The van der Waals surface area contributed by atoms with E-state index in [2.05, 4.69) is 61.9 Å². The zero-order valence-corrected chi connectivity index (χ0v) is 49.6. The van der Waals surface area contributed by atoms with E-state index in [0.717, 1.165) is 41.0 Å². The second-order valence-corrected chi connectivity index (χ2v) is 26.6. The number of aromatic nitrogens is 6. The number of amides is 5. The molecule has 440 valence electrons. The molecule has 6 heterocycles. The zero-order chi connectivity index (χ0) is 58.8. The van der Waals surface area contributed by atoms with Gasteiger partial charge in [0.1, 0.15) is 58.0 Å². The van der Waals surface area contributed by atoms with Crippen LogP contribution in [-0.4, -0.2) is 182 Å². The molecule has 3 aliphatic heterocycles. The lowest BCUT2D eigenvalue weighted by Gasteiger charge is -2.39. The third-order valence-corrected chi connectivity index (χ3v) is 18.7. The highest BCUT2D eigenvalue weighted by atomic mass is 32.2. The van der Waals surface area contributed by atoms with Crippen molar-refractivity contribution in [3.63, 3.8) is 0 Å². The van der Waals surface area contributed by atoms with Crippen molar-refractivity contribution in [3.8, 4) is 5.75 Å². The summed E-state index contributed by atoms with van der Waals surface area (Å²) in [5, 5.41) is 17.1. The summed E-state index contributed by atoms with van der Waals surface area (Å²) in [5.74, 6) is -0.0183. The van der Waals surface area contributed by atoms with Crippen LogP contribution >= 0.6 is 0 Å². The summed E-state index contributed by atoms with van der Waals surface area (Å²) in [6.07, 6.45) is 8.31. The molecule has 5 amide bonds. The molecule has 5 aromatic rings. The molecule has 23 nitrogen and oxygen atoms in total. The van der Waals surface area contributed by atoms with E-state index in [0.29, 0.717) is 86.8 Å². The van der Waals surface area contributed by atoms with Gasteiger partial charge in [0, 0.05) is 75.1 Å². The van der Waals surface area contributed by atoms with Crippen molar-refractivity contribution < 1.29 is 41.9 Å². The van der Waals surface area contributed by atoms with E-state index >= 15 is 0 Å². The number of rotatable bonds is 15. The summed E-state index contributed by atoms with van der Waals surface area (Å²) in [5.41, 5.74) is 3.85. The summed E-state index contributed by atoms with van der Waals surface area (Å²) >= 11 is 0. The van der Waals surface area contributed by atoms with Gasteiger partial charge < -0.3 is 40.1 Å². The Kier molecular flexibility index (Phi) is 17.4. The average Bonchev–Trinajstić information content (AvgIpc) is 4.15. The van der Waals surface area contributed by atoms with Gasteiger partial charge in [-0.05, 0) is 124 Å². The molecule has 0 unspecified atom stereocenters. The number of nitrogens with zero attached hydrogens (tertiary/aromatic N) is 10. The van der Waals surface area contributed by atoms with Gasteiger partial charge in [-0.2, -0.15) is 5.10 Å². The van der Waals surface area contributed by atoms with Gasteiger partial charge in [-0.1, -0.05) is 24.3 Å². The van der Waals surface area contributed by atoms with Crippen LogP contribution in [-0.2, 0) is 35.4 Å². The predicted molar refractivity (Wildman–Crippen MR) is 308 cm³/mol. The highest BCUT2D eigenvalue weighted by molar-refractivity contribution is 7.92. The van der Waals surface area contributed by atoms with E-state index in [1.165, 1.54) is 37.0 Å². The maximum absolute atomic E-state index is 14.9. The Morgan fingerprint density at radius 2 is 1.63 bits per heavy atom. The number of nitrogens with one attached hydrogen (secondary N) is 4. The Balaban J connectivity index is 0.829. The number of H-pyrrole nitrogens is 1. The second kappa shape index (κ2) is 24.2. The molecule has 2 aromatic carbocycles. The number of likely N-dealkylation sites (N-methyl/N-ethyl adjacent to an activating group) is 1. The molecule has 0 radical (unpaired) electrons. The molecule has 4 aliphatic rings. The molecular formula is C58H78N14O9S. The predicted octanol–water partition coefficient (Wildman–Crippen LogP) is 5.81. The monoisotopic (exact) mass is 1150 g/mol. The Morgan fingerprint density at radius 3 is 2.33 bits per heavy atom. The summed E-state index contributed by atoms with van der Waals surface area (Å²) in [7, 11) is -2.42. The first kappa shape index (κ1) is 59.2. The van der Waals surface area contributed by atoms with Crippen LogP contribution in [0.4, 0.5) is 22.2 Å². The fraction of sp³-hybridized carbons (Fsp3) is 0.552. The van der Waals surface area contributed by atoms with E-state index in [-0.39, 0.29) is 54.0 Å². The fourth-order valence-corrected chi connectivity index (χ4v) is 12.3. The molecule has 0 spiro atoms. The minimum atomic E-state index is -3.87. The first-order chi connectivity index (χ1) is 38.9. The van der Waals surface area contributed by atoms with Crippen molar-refractivity contribution in [2.75, 3.05) is 69.7 Å². The van der Waals surface area contributed by atoms with Gasteiger partial charge in [-0.3, -0.25) is 34.1 Å². The molecule has 24 heteroatoms. The van der Waals surface area contributed by atoms with Crippen molar-refractivity contribution in [1.29, 1.82) is 0 Å². The van der Waals surface area contributed by atoms with Gasteiger partial charge in [-0.15, -0.1) is 0 Å². The molecule has 4 N–H and O–H groups in total. The molecule has 9 rings (SSSR count). The van der Waals surface area contributed by atoms with Crippen LogP contribution in [0, 0.1) is 13.8 Å². The highest BCUT2D eigenvalue weighted by Gasteiger charge is 2.47. The minimum absolute atomic E-state index is 0.0571. The lowest BCUT2D eigenvalue weighted by molar-refractivity contribution is -0.145. The number of aryl methyl sites for hydroxylation is 2. The molecule has 0 saturated carbocycles. The molecule has 3 aromatic heterocycles. The molecule has 3 fully saturated rings. The Bertz CT molecular complexity index is 3300. The van der Waals surface area contributed by atoms with Crippen LogP contribution in [0.5, 0.6) is 5.75 Å². The van der Waals surface area contributed by atoms with Crippen molar-refractivity contribution in [2.45, 2.75) is 153 Å². The smallest absolute Gasteiger partial charge is 0.410 e. The molecular weight excluding hydrogens is 1070 g/mol. The van der Waals surface area contributed by atoms with Crippen LogP contribution in [0.25, 0.3) is 10.9 Å². The van der Waals surface area contributed by atoms with Crippen LogP contribution in [0.3, 0.4) is 0 Å². The Morgan fingerprint density at radius 1 is 0.878 bits per heavy atom. The second-order valence-electron chi connectivity index (χ2n) is 23.9. The number of aromatic amines is 1. The maximum Gasteiger partial charge on any atom is 0.410 e. The molecule has 82 heavy (non-hydrogen) atoms. The first-order valence-corrected chi connectivity index (χ1v) is 29.9. The van der Waals surface area contributed by atoms with E-state index in [1.807, 2.05) is 32.0 Å². The normalized spacial score (nSPS) is 20.3.